The predicted octanol–water partition coefficient (Wildman–Crippen LogP) is 5.38. The second kappa shape index (κ2) is 9.06. The molecular weight excluding hydrogens is 370 g/mol. The maximum Gasteiger partial charge on any atom is 0.319 e. The van der Waals surface area contributed by atoms with E-state index in [-0.39, 0.29) is 17.6 Å². The fourth-order valence-electron chi connectivity index (χ4n) is 3.35. The van der Waals surface area contributed by atoms with Gasteiger partial charge in [0.2, 0.25) is 0 Å². The molecule has 0 aliphatic heterocycles. The van der Waals surface area contributed by atoms with Crippen molar-refractivity contribution in [3.63, 3.8) is 0 Å². The van der Waals surface area contributed by atoms with Crippen LogP contribution in [-0.2, 0) is 6.54 Å². The Labute approximate surface area is 169 Å². The molecule has 5 nitrogen and oxygen atoms in total. The summed E-state index contributed by atoms with van der Waals surface area (Å²) in [4.78, 5) is 26.7. The van der Waals surface area contributed by atoms with E-state index in [1.807, 2.05) is 41.8 Å². The molecule has 6 heteroatoms. The van der Waals surface area contributed by atoms with Gasteiger partial charge in [0.1, 0.15) is 0 Å². The van der Waals surface area contributed by atoms with Gasteiger partial charge in [0, 0.05) is 28.4 Å². The lowest BCUT2D eigenvalue weighted by Gasteiger charge is -2.19. The lowest BCUT2D eigenvalue weighted by Crippen LogP contribution is -2.33. The number of anilines is 1. The first kappa shape index (κ1) is 20.1. The summed E-state index contributed by atoms with van der Waals surface area (Å²) in [6.07, 6.45) is 3.61. The molecule has 2 amide bonds. The van der Waals surface area contributed by atoms with E-state index in [0.29, 0.717) is 23.5 Å². The molecule has 0 saturated heterocycles. The summed E-state index contributed by atoms with van der Waals surface area (Å²) in [5, 5.41) is 9.44. The van der Waals surface area contributed by atoms with Crippen LogP contribution >= 0.6 is 11.3 Å². The molecule has 0 spiro atoms. The van der Waals surface area contributed by atoms with E-state index in [9.17, 15) is 9.59 Å². The predicted molar refractivity (Wildman–Crippen MR) is 117 cm³/mol. The highest BCUT2D eigenvalue weighted by atomic mass is 32.1. The number of fused-ring (bicyclic) bond motifs is 1. The van der Waals surface area contributed by atoms with Crippen molar-refractivity contribution in [3.8, 4) is 0 Å². The number of pyridine rings is 1. The SMILES string of the molecule is CCCC(NC(=O)Nc1cn(CC(C)C)c(=O)c2ccccc12)c1cccs1. The standard InChI is InChI=1S/C22H27N3O2S/c1-4-8-18(20-11-7-12-28-20)23-22(27)24-19-14-25(13-15(2)3)21(26)17-10-6-5-9-16(17)19/h5-7,9-12,14-15,18H,4,8,13H2,1-3H3,(H2,23,24,27). The van der Waals surface area contributed by atoms with Crippen molar-refractivity contribution < 1.29 is 4.79 Å². The van der Waals surface area contributed by atoms with Gasteiger partial charge in [-0.2, -0.15) is 0 Å². The average molecular weight is 398 g/mol. The van der Waals surface area contributed by atoms with Gasteiger partial charge in [-0.15, -0.1) is 11.3 Å². The zero-order valence-corrected chi connectivity index (χ0v) is 17.4. The van der Waals surface area contributed by atoms with E-state index >= 15 is 0 Å². The van der Waals surface area contributed by atoms with Crippen molar-refractivity contribution in [2.45, 2.75) is 46.2 Å². The molecule has 2 heterocycles. The maximum atomic E-state index is 12.8. The average Bonchev–Trinajstić information content (AvgIpc) is 3.19. The third-order valence-corrected chi connectivity index (χ3v) is 5.56. The third kappa shape index (κ3) is 4.62. The van der Waals surface area contributed by atoms with Gasteiger partial charge in [-0.1, -0.05) is 51.5 Å². The number of benzene rings is 1. The van der Waals surface area contributed by atoms with Gasteiger partial charge in [0.05, 0.1) is 11.7 Å². The van der Waals surface area contributed by atoms with Gasteiger partial charge < -0.3 is 15.2 Å². The van der Waals surface area contributed by atoms with Crippen molar-refractivity contribution in [2.75, 3.05) is 5.32 Å². The Bertz CT molecular complexity index is 993. The van der Waals surface area contributed by atoms with Crippen LogP contribution in [0.3, 0.4) is 0 Å². The summed E-state index contributed by atoms with van der Waals surface area (Å²) in [6, 6.07) is 11.2. The number of hydrogen-bond donors (Lipinski definition) is 2. The third-order valence-electron chi connectivity index (χ3n) is 4.57. The van der Waals surface area contributed by atoms with Crippen molar-refractivity contribution in [1.29, 1.82) is 0 Å². The van der Waals surface area contributed by atoms with Crippen LogP contribution in [0.2, 0.25) is 0 Å². The summed E-state index contributed by atoms with van der Waals surface area (Å²) in [7, 11) is 0. The van der Waals surface area contributed by atoms with Crippen LogP contribution in [0.5, 0.6) is 0 Å². The highest BCUT2D eigenvalue weighted by Gasteiger charge is 2.16. The Morgan fingerprint density at radius 2 is 1.89 bits per heavy atom. The van der Waals surface area contributed by atoms with Crippen LogP contribution in [0.1, 0.15) is 44.5 Å². The second-order valence-electron chi connectivity index (χ2n) is 7.39. The molecule has 0 saturated carbocycles. The summed E-state index contributed by atoms with van der Waals surface area (Å²) < 4.78 is 1.69. The molecular formula is C22H27N3O2S. The molecule has 0 radical (unpaired) electrons. The number of carbonyl (C=O) groups excluding carboxylic acids is 1. The van der Waals surface area contributed by atoms with E-state index in [0.717, 1.165) is 23.1 Å². The molecule has 3 rings (SSSR count). The molecule has 0 aliphatic rings. The molecule has 1 unspecified atom stereocenters. The molecule has 0 bridgehead atoms. The van der Waals surface area contributed by atoms with Crippen LogP contribution in [0, 0.1) is 5.92 Å². The molecule has 0 fully saturated rings. The molecule has 1 atom stereocenters. The Kier molecular flexibility index (Phi) is 6.52. The molecule has 2 N–H and O–H groups in total. The number of rotatable bonds is 7. The first-order valence-electron chi connectivity index (χ1n) is 9.72. The first-order valence-corrected chi connectivity index (χ1v) is 10.6. The lowest BCUT2D eigenvalue weighted by molar-refractivity contribution is 0.248. The molecule has 28 heavy (non-hydrogen) atoms. The molecule has 0 aliphatic carbocycles. The Morgan fingerprint density at radius 3 is 2.54 bits per heavy atom. The Hall–Kier alpha value is -2.60. The van der Waals surface area contributed by atoms with Gasteiger partial charge in [0.15, 0.2) is 0 Å². The lowest BCUT2D eigenvalue weighted by atomic mass is 10.1. The van der Waals surface area contributed by atoms with Gasteiger partial charge in [0.25, 0.3) is 5.56 Å². The van der Waals surface area contributed by atoms with E-state index < -0.39 is 0 Å². The Balaban J connectivity index is 1.89. The van der Waals surface area contributed by atoms with Gasteiger partial charge in [-0.3, -0.25) is 4.79 Å². The summed E-state index contributed by atoms with van der Waals surface area (Å²) in [5.41, 5.74) is 0.618. The number of nitrogens with zero attached hydrogens (tertiary/aromatic N) is 1. The number of amides is 2. The van der Waals surface area contributed by atoms with Gasteiger partial charge in [-0.05, 0) is 29.9 Å². The summed E-state index contributed by atoms with van der Waals surface area (Å²) >= 11 is 1.65. The number of thiophene rings is 1. The van der Waals surface area contributed by atoms with Crippen LogP contribution in [-0.4, -0.2) is 10.6 Å². The normalized spacial score (nSPS) is 12.3. The fourth-order valence-corrected chi connectivity index (χ4v) is 4.16. The largest absolute Gasteiger partial charge is 0.330 e. The summed E-state index contributed by atoms with van der Waals surface area (Å²) in [5.74, 6) is 0.327. The van der Waals surface area contributed by atoms with E-state index in [4.69, 9.17) is 0 Å². The van der Waals surface area contributed by atoms with Crippen molar-refractivity contribution in [2.24, 2.45) is 5.92 Å². The Morgan fingerprint density at radius 1 is 1.14 bits per heavy atom. The second-order valence-corrected chi connectivity index (χ2v) is 8.37. The maximum absolute atomic E-state index is 12.8. The topological polar surface area (TPSA) is 63.1 Å². The smallest absolute Gasteiger partial charge is 0.319 e. The minimum atomic E-state index is -0.258. The van der Waals surface area contributed by atoms with Crippen molar-refractivity contribution in [3.05, 3.63) is 63.2 Å². The molecule has 148 valence electrons. The first-order chi connectivity index (χ1) is 13.5. The van der Waals surface area contributed by atoms with Crippen molar-refractivity contribution >= 4 is 33.8 Å². The number of carbonyl (C=O) groups is 1. The van der Waals surface area contributed by atoms with Crippen LogP contribution < -0.4 is 16.2 Å². The molecule has 1 aromatic carbocycles. The van der Waals surface area contributed by atoms with E-state index in [2.05, 4.69) is 31.4 Å². The minimum Gasteiger partial charge on any atom is -0.330 e. The molecule has 2 aromatic heterocycles. The zero-order valence-electron chi connectivity index (χ0n) is 16.6. The van der Waals surface area contributed by atoms with Gasteiger partial charge >= 0.3 is 6.03 Å². The van der Waals surface area contributed by atoms with Crippen LogP contribution in [0.15, 0.2) is 52.8 Å². The fraction of sp³-hybridized carbons (Fsp3) is 0.364. The van der Waals surface area contributed by atoms with Crippen molar-refractivity contribution in [1.82, 2.24) is 9.88 Å². The number of nitrogens with one attached hydrogen (secondary N) is 2. The number of urea groups is 1. The highest BCUT2D eigenvalue weighted by molar-refractivity contribution is 7.10. The minimum absolute atomic E-state index is 0.0159. The van der Waals surface area contributed by atoms with Crippen LogP contribution in [0.25, 0.3) is 10.8 Å². The highest BCUT2D eigenvalue weighted by Crippen LogP contribution is 2.24. The van der Waals surface area contributed by atoms with E-state index in [1.165, 1.54) is 0 Å². The monoisotopic (exact) mass is 397 g/mol. The van der Waals surface area contributed by atoms with Gasteiger partial charge in [-0.25, -0.2) is 4.79 Å². The molecule has 3 aromatic rings. The summed E-state index contributed by atoms with van der Waals surface area (Å²) in [6.45, 7) is 6.85. The quantitative estimate of drug-likeness (QED) is 0.562. The number of hydrogen-bond acceptors (Lipinski definition) is 3. The van der Waals surface area contributed by atoms with E-state index in [1.54, 1.807) is 22.1 Å². The number of aromatic nitrogens is 1. The van der Waals surface area contributed by atoms with Crippen LogP contribution in [0.4, 0.5) is 10.5 Å². The zero-order chi connectivity index (χ0) is 20.1.